The van der Waals surface area contributed by atoms with Gasteiger partial charge in [0.05, 0.1) is 6.61 Å². The third kappa shape index (κ3) is 0.826. The van der Waals surface area contributed by atoms with Gasteiger partial charge >= 0.3 is 0 Å². The molecule has 0 radical (unpaired) electrons. The van der Waals surface area contributed by atoms with Gasteiger partial charge in [-0.15, -0.1) is 0 Å². The number of fused-ring (bicyclic) bond motifs is 2. The first kappa shape index (κ1) is 8.52. The van der Waals surface area contributed by atoms with E-state index in [2.05, 4.69) is 13.8 Å². The van der Waals surface area contributed by atoms with E-state index in [1.165, 1.54) is 12.8 Å². The molecule has 12 heavy (non-hydrogen) atoms. The van der Waals surface area contributed by atoms with Crippen LogP contribution in [0.1, 0.15) is 26.7 Å². The monoisotopic (exact) mass is 169 g/mol. The van der Waals surface area contributed by atoms with Crippen LogP contribution in [0.15, 0.2) is 0 Å². The number of hydrogen-bond acceptors (Lipinski definition) is 2. The van der Waals surface area contributed by atoms with Gasteiger partial charge in [0, 0.05) is 6.61 Å². The molecule has 2 heteroatoms. The zero-order chi connectivity index (χ0) is 8.82. The molecule has 0 unspecified atom stereocenters. The van der Waals surface area contributed by atoms with Crippen molar-refractivity contribution in [2.45, 2.75) is 26.7 Å². The van der Waals surface area contributed by atoms with E-state index < -0.39 is 0 Å². The van der Waals surface area contributed by atoms with Gasteiger partial charge in [-0.1, -0.05) is 13.8 Å². The largest absolute Gasteiger partial charge is 0.381 e. The van der Waals surface area contributed by atoms with E-state index in [9.17, 15) is 0 Å². The number of ether oxygens (including phenoxy) is 1. The summed E-state index contributed by atoms with van der Waals surface area (Å²) in [4.78, 5) is 0. The van der Waals surface area contributed by atoms with Crippen LogP contribution in [0, 0.1) is 16.7 Å². The minimum atomic E-state index is 0.339. The first-order valence-electron chi connectivity index (χ1n) is 4.90. The van der Waals surface area contributed by atoms with E-state index in [-0.39, 0.29) is 0 Å². The number of nitrogens with two attached hydrogens (primary N) is 1. The summed E-state index contributed by atoms with van der Waals surface area (Å²) in [6, 6.07) is 0. The lowest BCUT2D eigenvalue weighted by Crippen LogP contribution is -2.50. The molecule has 2 bridgehead atoms. The van der Waals surface area contributed by atoms with Crippen LogP contribution in [-0.2, 0) is 4.74 Å². The molecule has 0 aromatic rings. The summed E-state index contributed by atoms with van der Waals surface area (Å²) < 4.78 is 5.60. The lowest BCUT2D eigenvalue weighted by atomic mass is 9.64. The number of hydrogen-bond donors (Lipinski definition) is 1. The normalized spacial score (nSPS) is 52.8. The molecule has 0 amide bonds. The molecule has 1 saturated carbocycles. The van der Waals surface area contributed by atoms with Gasteiger partial charge in [-0.2, -0.15) is 0 Å². The topological polar surface area (TPSA) is 35.2 Å². The Morgan fingerprint density at radius 1 is 1.50 bits per heavy atom. The highest BCUT2D eigenvalue weighted by Crippen LogP contribution is 2.58. The van der Waals surface area contributed by atoms with Crippen LogP contribution in [0.3, 0.4) is 0 Å². The van der Waals surface area contributed by atoms with Crippen molar-refractivity contribution in [1.29, 1.82) is 0 Å². The Bertz CT molecular complexity index is 190. The fourth-order valence-corrected chi connectivity index (χ4v) is 2.93. The predicted molar refractivity (Wildman–Crippen MR) is 48.8 cm³/mol. The van der Waals surface area contributed by atoms with Crippen LogP contribution in [0.4, 0.5) is 0 Å². The van der Waals surface area contributed by atoms with Gasteiger partial charge in [0.25, 0.3) is 0 Å². The second-order valence-electron chi connectivity index (χ2n) is 4.93. The maximum absolute atomic E-state index is 5.89. The van der Waals surface area contributed by atoms with Gasteiger partial charge in [-0.3, -0.25) is 0 Å². The summed E-state index contributed by atoms with van der Waals surface area (Å²) in [6.45, 7) is 7.34. The molecule has 2 aliphatic rings. The van der Waals surface area contributed by atoms with Crippen LogP contribution in [0.5, 0.6) is 0 Å². The molecule has 1 heterocycles. The van der Waals surface area contributed by atoms with E-state index in [1.807, 2.05) is 0 Å². The summed E-state index contributed by atoms with van der Waals surface area (Å²) in [7, 11) is 0. The minimum Gasteiger partial charge on any atom is -0.381 e. The second-order valence-corrected chi connectivity index (χ2v) is 4.93. The molecule has 1 aliphatic heterocycles. The lowest BCUT2D eigenvalue weighted by Gasteiger charge is -2.47. The quantitative estimate of drug-likeness (QED) is 0.644. The zero-order valence-corrected chi connectivity index (χ0v) is 8.10. The van der Waals surface area contributed by atoms with E-state index in [1.54, 1.807) is 0 Å². The SMILES string of the molecule is C[C@]12CC[C@H](COC1)[C@@]2(C)CN. The van der Waals surface area contributed by atoms with Gasteiger partial charge in [-0.25, -0.2) is 0 Å². The first-order chi connectivity index (χ1) is 5.62. The van der Waals surface area contributed by atoms with Crippen molar-refractivity contribution in [3.8, 4) is 0 Å². The summed E-state index contributed by atoms with van der Waals surface area (Å²) in [6.07, 6.45) is 2.61. The van der Waals surface area contributed by atoms with Gasteiger partial charge in [0.15, 0.2) is 0 Å². The molecule has 2 nitrogen and oxygen atoms in total. The van der Waals surface area contributed by atoms with Crippen LogP contribution in [0.2, 0.25) is 0 Å². The van der Waals surface area contributed by atoms with E-state index in [0.29, 0.717) is 16.7 Å². The Morgan fingerprint density at radius 3 is 2.75 bits per heavy atom. The van der Waals surface area contributed by atoms with Crippen LogP contribution < -0.4 is 5.73 Å². The second kappa shape index (κ2) is 2.46. The third-order valence-corrected chi connectivity index (χ3v) is 4.49. The summed E-state index contributed by atoms with van der Waals surface area (Å²) in [5.74, 6) is 0.709. The summed E-state index contributed by atoms with van der Waals surface area (Å²) in [5, 5.41) is 0. The highest BCUT2D eigenvalue weighted by molar-refractivity contribution is 5.05. The molecular formula is C10H19NO. The maximum atomic E-state index is 5.89. The molecule has 1 aliphatic carbocycles. The Balaban J connectivity index is 2.32. The Kier molecular flexibility index (Phi) is 1.74. The molecular weight excluding hydrogens is 150 g/mol. The van der Waals surface area contributed by atoms with Gasteiger partial charge in [0.1, 0.15) is 0 Å². The van der Waals surface area contributed by atoms with Crippen LogP contribution in [0.25, 0.3) is 0 Å². The predicted octanol–water partition coefficient (Wildman–Crippen LogP) is 1.40. The van der Waals surface area contributed by atoms with Crippen molar-refractivity contribution in [1.82, 2.24) is 0 Å². The van der Waals surface area contributed by atoms with Crippen molar-refractivity contribution in [2.24, 2.45) is 22.5 Å². The molecule has 3 atom stereocenters. The van der Waals surface area contributed by atoms with Gasteiger partial charge < -0.3 is 10.5 Å². The standard InChI is InChI=1S/C10H19NO/c1-9-4-3-8(5-12-7-9)10(9,2)6-11/h8H,3-7,11H2,1-2H3/t8-,9+,10-/m1/s1. The molecule has 1 saturated heterocycles. The Morgan fingerprint density at radius 2 is 2.25 bits per heavy atom. The van der Waals surface area contributed by atoms with Gasteiger partial charge in [0.2, 0.25) is 0 Å². The zero-order valence-electron chi connectivity index (χ0n) is 8.10. The van der Waals surface area contributed by atoms with Crippen molar-refractivity contribution in [3.63, 3.8) is 0 Å². The highest BCUT2D eigenvalue weighted by atomic mass is 16.5. The molecule has 0 aromatic heterocycles. The average Bonchev–Trinajstić information content (AvgIpc) is 2.27. The number of rotatable bonds is 1. The van der Waals surface area contributed by atoms with Crippen LogP contribution in [-0.4, -0.2) is 19.8 Å². The summed E-state index contributed by atoms with van der Waals surface area (Å²) in [5.41, 5.74) is 6.58. The maximum Gasteiger partial charge on any atom is 0.0525 e. The first-order valence-corrected chi connectivity index (χ1v) is 4.90. The molecule has 0 spiro atoms. The van der Waals surface area contributed by atoms with E-state index in [0.717, 1.165) is 19.8 Å². The summed E-state index contributed by atoms with van der Waals surface area (Å²) >= 11 is 0. The van der Waals surface area contributed by atoms with Crippen molar-refractivity contribution in [3.05, 3.63) is 0 Å². The van der Waals surface area contributed by atoms with Crippen molar-refractivity contribution in [2.75, 3.05) is 19.8 Å². The van der Waals surface area contributed by atoms with Crippen LogP contribution >= 0.6 is 0 Å². The molecule has 2 rings (SSSR count). The third-order valence-electron chi connectivity index (χ3n) is 4.49. The Hall–Kier alpha value is -0.0800. The minimum absolute atomic E-state index is 0.339. The molecule has 2 N–H and O–H groups in total. The molecule has 70 valence electrons. The van der Waals surface area contributed by atoms with Crippen molar-refractivity contribution < 1.29 is 4.74 Å². The van der Waals surface area contributed by atoms with E-state index >= 15 is 0 Å². The average molecular weight is 169 g/mol. The smallest absolute Gasteiger partial charge is 0.0525 e. The lowest BCUT2D eigenvalue weighted by molar-refractivity contribution is -0.0919. The molecule has 0 aromatic carbocycles. The highest BCUT2D eigenvalue weighted by Gasteiger charge is 2.56. The Labute approximate surface area is 74.5 Å². The fourth-order valence-electron chi connectivity index (χ4n) is 2.93. The molecule has 2 fully saturated rings. The van der Waals surface area contributed by atoms with E-state index in [4.69, 9.17) is 10.5 Å². The van der Waals surface area contributed by atoms with Gasteiger partial charge in [-0.05, 0) is 36.1 Å². The fraction of sp³-hybridized carbons (Fsp3) is 1.00. The van der Waals surface area contributed by atoms with Crippen molar-refractivity contribution >= 4 is 0 Å².